The van der Waals surface area contributed by atoms with Gasteiger partial charge in [0, 0.05) is 39.3 Å². The van der Waals surface area contributed by atoms with Gasteiger partial charge in [0.05, 0.1) is 5.52 Å². The molecule has 0 aliphatic carbocycles. The zero-order valence-corrected chi connectivity index (χ0v) is 13.3. The van der Waals surface area contributed by atoms with Crippen LogP contribution in [0.25, 0.3) is 22.3 Å². The Morgan fingerprint density at radius 3 is 2.61 bits per heavy atom. The molecule has 0 fully saturated rings. The molecule has 0 amide bonds. The highest BCUT2D eigenvalue weighted by atomic mass is 32.1. The summed E-state index contributed by atoms with van der Waals surface area (Å²) in [5.74, 6) is 1.55. The zero-order chi connectivity index (χ0) is 15.6. The number of nitrogens with one attached hydrogen (secondary N) is 1. The van der Waals surface area contributed by atoms with Crippen molar-refractivity contribution < 1.29 is 0 Å². The fraction of sp³-hybridized carbons (Fsp3) is 0.0556. The van der Waals surface area contributed by atoms with Gasteiger partial charge in [-0.3, -0.25) is 4.98 Å². The van der Waals surface area contributed by atoms with E-state index >= 15 is 0 Å². The summed E-state index contributed by atoms with van der Waals surface area (Å²) in [6.07, 6.45) is 3.52. The molecule has 1 aromatic carbocycles. The van der Waals surface area contributed by atoms with Gasteiger partial charge in [0.2, 0.25) is 0 Å². The van der Waals surface area contributed by atoms with Crippen LogP contribution in [0.4, 0.5) is 11.5 Å². The summed E-state index contributed by atoms with van der Waals surface area (Å²) in [5.41, 5.74) is 2.94. The Morgan fingerprint density at radius 2 is 1.83 bits per heavy atom. The summed E-state index contributed by atoms with van der Waals surface area (Å²) in [5, 5.41) is 6.47. The van der Waals surface area contributed by atoms with E-state index in [4.69, 9.17) is 9.97 Å². The van der Waals surface area contributed by atoms with Crippen LogP contribution >= 0.6 is 11.3 Å². The Labute approximate surface area is 137 Å². The molecule has 4 aromatic rings. The van der Waals surface area contributed by atoms with Crippen LogP contribution in [0.2, 0.25) is 0 Å². The minimum Gasteiger partial charge on any atom is -0.340 e. The second kappa shape index (κ2) is 5.78. The Hall–Kier alpha value is -2.79. The fourth-order valence-electron chi connectivity index (χ4n) is 2.43. The van der Waals surface area contributed by atoms with Crippen molar-refractivity contribution in [2.24, 2.45) is 0 Å². The van der Waals surface area contributed by atoms with E-state index < -0.39 is 0 Å². The molecule has 0 bridgehead atoms. The zero-order valence-electron chi connectivity index (χ0n) is 12.5. The van der Waals surface area contributed by atoms with Gasteiger partial charge < -0.3 is 5.32 Å². The summed E-state index contributed by atoms with van der Waals surface area (Å²) in [7, 11) is 0. The molecule has 1 N–H and O–H groups in total. The normalized spacial score (nSPS) is 10.8. The lowest BCUT2D eigenvalue weighted by Gasteiger charge is -2.10. The van der Waals surface area contributed by atoms with Crippen LogP contribution in [-0.2, 0) is 0 Å². The van der Waals surface area contributed by atoms with Crippen LogP contribution < -0.4 is 5.32 Å². The van der Waals surface area contributed by atoms with Gasteiger partial charge in [0.1, 0.15) is 5.82 Å². The molecule has 0 spiro atoms. The first kappa shape index (κ1) is 13.8. The van der Waals surface area contributed by atoms with Crippen LogP contribution in [-0.4, -0.2) is 15.0 Å². The lowest BCUT2D eigenvalue weighted by Crippen LogP contribution is -1.99. The van der Waals surface area contributed by atoms with Crippen molar-refractivity contribution in [2.45, 2.75) is 6.92 Å². The van der Waals surface area contributed by atoms with Crippen molar-refractivity contribution in [1.29, 1.82) is 0 Å². The van der Waals surface area contributed by atoms with Gasteiger partial charge >= 0.3 is 0 Å². The molecule has 0 saturated heterocycles. The number of benzene rings is 1. The average molecular weight is 318 g/mol. The molecular weight excluding hydrogens is 304 g/mol. The first-order valence-electron chi connectivity index (χ1n) is 7.29. The minimum absolute atomic E-state index is 0.740. The van der Waals surface area contributed by atoms with Gasteiger partial charge in [0.25, 0.3) is 0 Å². The number of anilines is 2. The van der Waals surface area contributed by atoms with Crippen molar-refractivity contribution >= 4 is 33.7 Å². The highest BCUT2D eigenvalue weighted by Gasteiger charge is 2.10. The Balaban J connectivity index is 1.87. The van der Waals surface area contributed by atoms with Crippen LogP contribution in [0.15, 0.2) is 60.2 Å². The molecule has 3 heterocycles. The predicted molar refractivity (Wildman–Crippen MR) is 95.1 cm³/mol. The van der Waals surface area contributed by atoms with Gasteiger partial charge in [-0.15, -0.1) is 11.3 Å². The van der Waals surface area contributed by atoms with E-state index in [9.17, 15) is 0 Å². The van der Waals surface area contributed by atoms with Gasteiger partial charge in [-0.2, -0.15) is 0 Å². The molecule has 3 aromatic heterocycles. The second-order valence-electron chi connectivity index (χ2n) is 5.22. The predicted octanol–water partition coefficient (Wildman–Crippen LogP) is 4.81. The number of hydrogen-bond acceptors (Lipinski definition) is 5. The van der Waals surface area contributed by atoms with Gasteiger partial charge in [-0.1, -0.05) is 12.1 Å². The summed E-state index contributed by atoms with van der Waals surface area (Å²) in [6.45, 7) is 2.09. The van der Waals surface area contributed by atoms with Gasteiger partial charge in [-0.25, -0.2) is 9.97 Å². The maximum atomic E-state index is 4.74. The number of nitrogens with zero attached hydrogens (tertiary/aromatic N) is 3. The number of aryl methyl sites for hydroxylation is 1. The van der Waals surface area contributed by atoms with Crippen molar-refractivity contribution in [3.05, 3.63) is 65.1 Å². The Kier molecular flexibility index (Phi) is 3.48. The molecule has 0 radical (unpaired) electrons. The molecule has 0 aliphatic heterocycles. The fourth-order valence-corrected chi connectivity index (χ4v) is 3.11. The van der Waals surface area contributed by atoms with Crippen molar-refractivity contribution in [1.82, 2.24) is 15.0 Å². The van der Waals surface area contributed by atoms with E-state index in [1.54, 1.807) is 23.7 Å². The third-order valence-corrected chi connectivity index (χ3v) is 4.40. The van der Waals surface area contributed by atoms with Crippen molar-refractivity contribution in [3.63, 3.8) is 0 Å². The molecule has 0 atom stereocenters. The number of para-hydroxylation sites is 1. The van der Waals surface area contributed by atoms with Crippen LogP contribution in [0.1, 0.15) is 4.88 Å². The van der Waals surface area contributed by atoms with E-state index in [0.717, 1.165) is 33.8 Å². The second-order valence-corrected chi connectivity index (χ2v) is 6.34. The van der Waals surface area contributed by atoms with E-state index in [2.05, 4.69) is 28.7 Å². The molecule has 23 heavy (non-hydrogen) atoms. The molecule has 0 unspecified atom stereocenters. The highest BCUT2D eigenvalue weighted by molar-refractivity contribution is 7.10. The van der Waals surface area contributed by atoms with E-state index in [0.29, 0.717) is 0 Å². The summed E-state index contributed by atoms with van der Waals surface area (Å²) in [6, 6.07) is 14.0. The molecule has 4 rings (SSSR count). The molecule has 0 saturated carbocycles. The third-order valence-electron chi connectivity index (χ3n) is 3.54. The molecule has 5 heteroatoms. The third kappa shape index (κ3) is 2.78. The molecule has 0 aliphatic rings. The number of hydrogen-bond donors (Lipinski definition) is 1. The monoisotopic (exact) mass is 318 g/mol. The largest absolute Gasteiger partial charge is 0.340 e. The van der Waals surface area contributed by atoms with Crippen LogP contribution in [0.5, 0.6) is 0 Å². The van der Waals surface area contributed by atoms with Crippen molar-refractivity contribution in [2.75, 3.05) is 5.32 Å². The number of aromatic nitrogens is 3. The topological polar surface area (TPSA) is 50.7 Å². The lowest BCUT2D eigenvalue weighted by molar-refractivity contribution is 1.22. The SMILES string of the molecule is Cc1cc(-c2nc(Nc3ccncc3)c3ccccc3n2)cs1. The van der Waals surface area contributed by atoms with Crippen LogP contribution in [0, 0.1) is 6.92 Å². The van der Waals surface area contributed by atoms with Crippen molar-refractivity contribution in [3.8, 4) is 11.4 Å². The van der Waals surface area contributed by atoms with E-state index in [1.807, 2.05) is 36.4 Å². The number of fused-ring (bicyclic) bond motifs is 1. The van der Waals surface area contributed by atoms with E-state index in [1.165, 1.54) is 4.88 Å². The van der Waals surface area contributed by atoms with Gasteiger partial charge in [0.15, 0.2) is 5.82 Å². The lowest BCUT2D eigenvalue weighted by atomic mass is 10.2. The molecule has 112 valence electrons. The molecule has 4 nitrogen and oxygen atoms in total. The smallest absolute Gasteiger partial charge is 0.163 e. The highest BCUT2D eigenvalue weighted by Crippen LogP contribution is 2.29. The van der Waals surface area contributed by atoms with Gasteiger partial charge in [-0.05, 0) is 37.3 Å². The Bertz CT molecular complexity index is 963. The summed E-state index contributed by atoms with van der Waals surface area (Å²) in [4.78, 5) is 14.7. The average Bonchev–Trinajstić information content (AvgIpc) is 3.02. The summed E-state index contributed by atoms with van der Waals surface area (Å²) >= 11 is 1.71. The van der Waals surface area contributed by atoms with E-state index in [-0.39, 0.29) is 0 Å². The number of thiophene rings is 1. The van der Waals surface area contributed by atoms with Crippen LogP contribution in [0.3, 0.4) is 0 Å². The summed E-state index contributed by atoms with van der Waals surface area (Å²) < 4.78 is 0. The minimum atomic E-state index is 0.740. The Morgan fingerprint density at radius 1 is 1.00 bits per heavy atom. The quantitative estimate of drug-likeness (QED) is 0.589. The maximum absolute atomic E-state index is 4.74. The first-order chi connectivity index (χ1) is 11.3. The standard InChI is InChI=1S/C18H14N4S/c1-12-10-13(11-23-12)17-21-16-5-3-2-4-15(16)18(22-17)20-14-6-8-19-9-7-14/h2-11H,1H3,(H,19,20,21,22). The first-order valence-corrected chi connectivity index (χ1v) is 8.17. The number of pyridine rings is 1. The molecular formula is C18H14N4S. The maximum Gasteiger partial charge on any atom is 0.163 e. The number of rotatable bonds is 3.